The molecule has 7 nitrogen and oxygen atoms in total. The number of amides is 2. The van der Waals surface area contributed by atoms with Gasteiger partial charge in [0.2, 0.25) is 5.91 Å². The molecule has 3 N–H and O–H groups in total. The number of aliphatic hydroxyl groups excluding tert-OH is 1. The third-order valence-electron chi connectivity index (χ3n) is 5.83. The van der Waals surface area contributed by atoms with Gasteiger partial charge in [0.05, 0.1) is 25.4 Å². The Morgan fingerprint density at radius 1 is 1.00 bits per heavy atom. The minimum Gasteiger partial charge on any atom is -0.495 e. The maximum Gasteiger partial charge on any atom is 0.255 e. The van der Waals surface area contributed by atoms with Gasteiger partial charge in [0.15, 0.2) is 0 Å². The second-order valence-electron chi connectivity index (χ2n) is 8.39. The largest absolute Gasteiger partial charge is 0.495 e. The van der Waals surface area contributed by atoms with Crippen molar-refractivity contribution < 1.29 is 19.4 Å². The first-order valence-electron chi connectivity index (χ1n) is 11.4. The molecule has 1 fully saturated rings. The number of carbonyl (C=O) groups is 2. The van der Waals surface area contributed by atoms with Crippen LogP contribution in [0.5, 0.6) is 5.75 Å². The summed E-state index contributed by atoms with van der Waals surface area (Å²) in [7, 11) is 1.53. The molecule has 34 heavy (non-hydrogen) atoms. The Balaban J connectivity index is 1.41. The predicted octanol–water partition coefficient (Wildman–Crippen LogP) is 4.01. The van der Waals surface area contributed by atoms with Crippen LogP contribution in [0, 0.1) is 0 Å². The highest BCUT2D eigenvalue weighted by Gasteiger charge is 2.20. The lowest BCUT2D eigenvalue weighted by Gasteiger charge is -2.29. The molecule has 0 aromatic heterocycles. The van der Waals surface area contributed by atoms with Gasteiger partial charge in [0.1, 0.15) is 5.75 Å². The molecule has 3 aromatic carbocycles. The second kappa shape index (κ2) is 11.0. The summed E-state index contributed by atoms with van der Waals surface area (Å²) in [5, 5.41) is 15.6. The van der Waals surface area contributed by atoms with Crippen LogP contribution in [0.15, 0.2) is 72.8 Å². The van der Waals surface area contributed by atoms with E-state index in [9.17, 15) is 14.7 Å². The molecule has 4 rings (SSSR count). The van der Waals surface area contributed by atoms with Crippen molar-refractivity contribution in [3.05, 3.63) is 78.4 Å². The molecular weight excluding hydrogens is 430 g/mol. The first-order chi connectivity index (χ1) is 16.5. The highest BCUT2D eigenvalue weighted by Crippen LogP contribution is 2.28. The zero-order valence-electron chi connectivity index (χ0n) is 19.2. The van der Waals surface area contributed by atoms with E-state index >= 15 is 0 Å². The summed E-state index contributed by atoms with van der Waals surface area (Å²) in [5.74, 6) is 0.0500. The maximum absolute atomic E-state index is 12.8. The minimum absolute atomic E-state index is 0.185. The highest BCUT2D eigenvalue weighted by atomic mass is 16.5. The zero-order valence-corrected chi connectivity index (χ0v) is 19.2. The van der Waals surface area contributed by atoms with Gasteiger partial charge >= 0.3 is 0 Å². The quantitative estimate of drug-likeness (QED) is 0.497. The van der Waals surface area contributed by atoms with Crippen LogP contribution >= 0.6 is 0 Å². The zero-order chi connectivity index (χ0) is 23.9. The number of aliphatic hydroxyl groups is 1. The Hall–Kier alpha value is -3.68. The third-order valence-corrected chi connectivity index (χ3v) is 5.83. The number of anilines is 2. The first kappa shape index (κ1) is 23.5. The van der Waals surface area contributed by atoms with E-state index in [-0.39, 0.29) is 18.4 Å². The number of likely N-dealkylation sites (tertiary alicyclic amines) is 1. The van der Waals surface area contributed by atoms with Gasteiger partial charge in [-0.15, -0.1) is 0 Å². The SMILES string of the molecule is COc1ccc(NC(=O)c2ccc(-c3ccccc3)cc2)cc1NC(=O)CN1CCCC(O)C1. The summed E-state index contributed by atoms with van der Waals surface area (Å²) >= 11 is 0. The predicted molar refractivity (Wildman–Crippen MR) is 133 cm³/mol. The van der Waals surface area contributed by atoms with Crippen molar-refractivity contribution in [3.63, 3.8) is 0 Å². The monoisotopic (exact) mass is 459 g/mol. The van der Waals surface area contributed by atoms with E-state index in [4.69, 9.17) is 4.74 Å². The van der Waals surface area contributed by atoms with E-state index in [2.05, 4.69) is 10.6 Å². The summed E-state index contributed by atoms with van der Waals surface area (Å²) in [6, 6.07) is 22.5. The summed E-state index contributed by atoms with van der Waals surface area (Å²) < 4.78 is 5.37. The number of nitrogens with one attached hydrogen (secondary N) is 2. The van der Waals surface area contributed by atoms with E-state index < -0.39 is 6.10 Å². The van der Waals surface area contributed by atoms with Crippen LogP contribution in [0.1, 0.15) is 23.2 Å². The molecule has 1 heterocycles. The molecule has 0 bridgehead atoms. The molecule has 1 aliphatic rings. The fourth-order valence-corrected chi connectivity index (χ4v) is 4.10. The number of hydrogen-bond donors (Lipinski definition) is 3. The highest BCUT2D eigenvalue weighted by molar-refractivity contribution is 6.05. The summed E-state index contributed by atoms with van der Waals surface area (Å²) in [6.07, 6.45) is 1.24. The number of β-amino-alcohol motifs (C(OH)–C–C–N with tert-alkyl or cyclic N) is 1. The number of nitrogens with zero attached hydrogens (tertiary/aromatic N) is 1. The average Bonchev–Trinajstić information content (AvgIpc) is 2.85. The standard InChI is InChI=1S/C27H29N3O4/c1-34-25-14-13-22(16-24(25)29-26(32)18-30-15-5-8-23(31)17-30)28-27(33)21-11-9-20(10-12-21)19-6-3-2-4-7-19/h2-4,6-7,9-14,16,23,31H,5,8,15,17-18H2,1H3,(H,28,33)(H,29,32). The lowest BCUT2D eigenvalue weighted by atomic mass is 10.0. The molecule has 1 atom stereocenters. The van der Waals surface area contributed by atoms with Gasteiger partial charge in [-0.05, 0) is 60.8 Å². The summed E-state index contributed by atoms with van der Waals surface area (Å²) in [4.78, 5) is 27.3. The van der Waals surface area contributed by atoms with Crippen LogP contribution in [0.4, 0.5) is 11.4 Å². The molecule has 0 radical (unpaired) electrons. The molecule has 0 spiro atoms. The average molecular weight is 460 g/mol. The van der Waals surface area contributed by atoms with E-state index in [0.29, 0.717) is 29.2 Å². The molecule has 1 unspecified atom stereocenters. The van der Waals surface area contributed by atoms with Crippen molar-refractivity contribution in [3.8, 4) is 16.9 Å². The van der Waals surface area contributed by atoms with E-state index in [0.717, 1.165) is 30.5 Å². The van der Waals surface area contributed by atoms with Crippen LogP contribution in [-0.2, 0) is 4.79 Å². The molecule has 1 aliphatic heterocycles. The minimum atomic E-state index is -0.392. The van der Waals surface area contributed by atoms with Crippen molar-refractivity contribution in [2.75, 3.05) is 37.4 Å². The maximum atomic E-state index is 12.8. The van der Waals surface area contributed by atoms with Crippen LogP contribution in [0.25, 0.3) is 11.1 Å². The first-order valence-corrected chi connectivity index (χ1v) is 11.4. The smallest absolute Gasteiger partial charge is 0.255 e. The van der Waals surface area contributed by atoms with Gasteiger partial charge in [-0.25, -0.2) is 0 Å². The second-order valence-corrected chi connectivity index (χ2v) is 8.39. The molecule has 7 heteroatoms. The fourth-order valence-electron chi connectivity index (χ4n) is 4.10. The van der Waals surface area contributed by atoms with Crippen LogP contribution < -0.4 is 15.4 Å². The molecule has 1 saturated heterocycles. The third kappa shape index (κ3) is 6.01. The molecular formula is C27H29N3O4. The van der Waals surface area contributed by atoms with Crippen molar-refractivity contribution in [1.29, 1.82) is 0 Å². The van der Waals surface area contributed by atoms with Crippen molar-refractivity contribution in [1.82, 2.24) is 4.90 Å². The number of rotatable bonds is 7. The van der Waals surface area contributed by atoms with Gasteiger partial charge in [0, 0.05) is 17.8 Å². The lowest BCUT2D eigenvalue weighted by Crippen LogP contribution is -2.42. The van der Waals surface area contributed by atoms with Gasteiger partial charge < -0.3 is 20.5 Å². The number of ether oxygens (including phenoxy) is 1. The molecule has 176 valence electrons. The molecule has 0 aliphatic carbocycles. The fraction of sp³-hybridized carbons (Fsp3) is 0.259. The Morgan fingerprint density at radius 2 is 1.74 bits per heavy atom. The van der Waals surface area contributed by atoms with Gasteiger partial charge in [-0.1, -0.05) is 42.5 Å². The van der Waals surface area contributed by atoms with Crippen molar-refractivity contribution >= 4 is 23.2 Å². The summed E-state index contributed by atoms with van der Waals surface area (Å²) in [5.41, 5.74) is 3.67. The van der Waals surface area contributed by atoms with E-state index in [1.54, 1.807) is 30.3 Å². The van der Waals surface area contributed by atoms with Crippen LogP contribution in [0.3, 0.4) is 0 Å². The van der Waals surface area contributed by atoms with Gasteiger partial charge in [0.25, 0.3) is 5.91 Å². The van der Waals surface area contributed by atoms with Crippen LogP contribution in [0.2, 0.25) is 0 Å². The number of piperidine rings is 1. The van der Waals surface area contributed by atoms with Gasteiger partial charge in [-0.2, -0.15) is 0 Å². The molecule has 0 saturated carbocycles. The molecule has 2 amide bonds. The Bertz CT molecular complexity index is 1130. The van der Waals surface area contributed by atoms with Crippen molar-refractivity contribution in [2.45, 2.75) is 18.9 Å². The Labute approximate surface area is 199 Å². The lowest BCUT2D eigenvalue weighted by molar-refractivity contribution is -0.118. The number of carbonyl (C=O) groups excluding carboxylic acids is 2. The van der Waals surface area contributed by atoms with E-state index in [1.807, 2.05) is 47.4 Å². The molecule has 3 aromatic rings. The number of benzene rings is 3. The van der Waals surface area contributed by atoms with Crippen LogP contribution in [-0.4, -0.2) is 54.7 Å². The van der Waals surface area contributed by atoms with Crippen molar-refractivity contribution in [2.24, 2.45) is 0 Å². The number of hydrogen-bond acceptors (Lipinski definition) is 5. The Morgan fingerprint density at radius 3 is 2.44 bits per heavy atom. The summed E-state index contributed by atoms with van der Waals surface area (Å²) in [6.45, 7) is 1.45. The van der Waals surface area contributed by atoms with E-state index in [1.165, 1.54) is 7.11 Å². The normalized spacial score (nSPS) is 16.0. The van der Waals surface area contributed by atoms with Gasteiger partial charge in [-0.3, -0.25) is 14.5 Å². The topological polar surface area (TPSA) is 90.9 Å². The number of methoxy groups -OCH3 is 1. The Kier molecular flexibility index (Phi) is 7.57.